The van der Waals surface area contributed by atoms with Crippen LogP contribution in [0.2, 0.25) is 0 Å². The van der Waals surface area contributed by atoms with Gasteiger partial charge in [0.15, 0.2) is 0 Å². The second kappa shape index (κ2) is 7.02. The van der Waals surface area contributed by atoms with E-state index in [0.717, 1.165) is 18.7 Å². The van der Waals surface area contributed by atoms with Crippen molar-refractivity contribution in [1.29, 1.82) is 0 Å². The molecule has 21 heavy (non-hydrogen) atoms. The Kier molecular flexibility index (Phi) is 4.85. The molecule has 0 aliphatic rings. The van der Waals surface area contributed by atoms with E-state index < -0.39 is 0 Å². The minimum atomic E-state index is 0.432. The maximum absolute atomic E-state index is 4.21. The molecule has 0 aromatic carbocycles. The predicted molar refractivity (Wildman–Crippen MR) is 90.7 cm³/mol. The Hall–Kier alpha value is -1.43. The van der Waals surface area contributed by atoms with E-state index in [1.165, 1.54) is 21.7 Å². The molecule has 0 saturated heterocycles. The quantitative estimate of drug-likeness (QED) is 0.655. The third-order valence-corrected chi connectivity index (χ3v) is 5.36. The van der Waals surface area contributed by atoms with Gasteiger partial charge in [-0.25, -0.2) is 0 Å². The molecule has 110 valence electrons. The summed E-state index contributed by atoms with van der Waals surface area (Å²) in [6, 6.07) is 8.97. The minimum Gasteiger partial charge on any atom is -0.305 e. The van der Waals surface area contributed by atoms with Gasteiger partial charge in [0.1, 0.15) is 0 Å². The lowest BCUT2D eigenvalue weighted by Gasteiger charge is -2.16. The zero-order valence-electron chi connectivity index (χ0n) is 12.0. The van der Waals surface area contributed by atoms with Crippen LogP contribution in [0.5, 0.6) is 0 Å². The maximum atomic E-state index is 4.21. The lowest BCUT2D eigenvalue weighted by Crippen LogP contribution is -2.20. The van der Waals surface area contributed by atoms with Gasteiger partial charge < -0.3 is 5.32 Å². The molecule has 0 aliphatic heterocycles. The number of aromatic nitrogens is 2. The van der Waals surface area contributed by atoms with Crippen LogP contribution in [-0.2, 0) is 6.54 Å². The largest absolute Gasteiger partial charge is 0.305 e. The van der Waals surface area contributed by atoms with Gasteiger partial charge >= 0.3 is 0 Å². The highest BCUT2D eigenvalue weighted by molar-refractivity contribution is 7.13. The van der Waals surface area contributed by atoms with E-state index >= 15 is 0 Å². The lowest BCUT2D eigenvalue weighted by atomic mass is 10.1. The van der Waals surface area contributed by atoms with Crippen molar-refractivity contribution in [3.63, 3.8) is 0 Å². The summed E-state index contributed by atoms with van der Waals surface area (Å²) in [4.78, 5) is 2.66. The molecule has 1 unspecified atom stereocenters. The van der Waals surface area contributed by atoms with Crippen molar-refractivity contribution >= 4 is 22.7 Å². The number of hydrogen-bond donors (Lipinski definition) is 2. The summed E-state index contributed by atoms with van der Waals surface area (Å²) in [6.07, 6.45) is 4.27. The molecule has 3 aromatic heterocycles. The van der Waals surface area contributed by atoms with E-state index in [4.69, 9.17) is 0 Å². The number of nitrogens with one attached hydrogen (secondary N) is 2. The van der Waals surface area contributed by atoms with Crippen LogP contribution in [0.25, 0.3) is 10.6 Å². The summed E-state index contributed by atoms with van der Waals surface area (Å²) in [7, 11) is 0. The van der Waals surface area contributed by atoms with Crippen molar-refractivity contribution in [2.45, 2.75) is 32.4 Å². The first kappa shape index (κ1) is 14.5. The Morgan fingerprint density at radius 1 is 1.24 bits per heavy atom. The summed E-state index contributed by atoms with van der Waals surface area (Å²) in [5, 5.41) is 15.3. The molecule has 3 aromatic rings. The number of thiophene rings is 2. The van der Waals surface area contributed by atoms with Gasteiger partial charge in [0, 0.05) is 23.0 Å². The van der Waals surface area contributed by atoms with Gasteiger partial charge in [-0.2, -0.15) is 5.10 Å². The normalized spacial score (nSPS) is 12.6. The van der Waals surface area contributed by atoms with Crippen LogP contribution in [-0.4, -0.2) is 10.2 Å². The van der Waals surface area contributed by atoms with Gasteiger partial charge in [-0.3, -0.25) is 5.10 Å². The first-order valence-corrected chi connectivity index (χ1v) is 8.97. The molecule has 3 nitrogen and oxygen atoms in total. The Bertz CT molecular complexity index is 641. The van der Waals surface area contributed by atoms with Crippen molar-refractivity contribution in [3.05, 3.63) is 51.7 Å². The molecular weight excluding hydrogens is 298 g/mol. The number of H-pyrrole nitrogens is 1. The number of rotatable bonds is 7. The highest BCUT2D eigenvalue weighted by Gasteiger charge is 2.14. The van der Waals surface area contributed by atoms with Gasteiger partial charge in [-0.15, -0.1) is 22.7 Å². The Morgan fingerprint density at radius 2 is 2.10 bits per heavy atom. The molecule has 3 rings (SSSR count). The average molecular weight is 317 g/mol. The summed E-state index contributed by atoms with van der Waals surface area (Å²) in [5.74, 6) is 0. The highest BCUT2D eigenvalue weighted by Crippen LogP contribution is 2.27. The van der Waals surface area contributed by atoms with Crippen LogP contribution in [0.3, 0.4) is 0 Å². The standard InChI is InChI=1S/C16H19N3S2/c1-2-5-13(14-6-3-8-20-14)17-10-12-11-18-19-16(12)15-7-4-9-21-15/h3-4,6-9,11,13,17H,2,5,10H2,1H3,(H,18,19). The summed E-state index contributed by atoms with van der Waals surface area (Å²) < 4.78 is 0. The first-order chi connectivity index (χ1) is 10.4. The van der Waals surface area contributed by atoms with Gasteiger partial charge in [0.25, 0.3) is 0 Å². The first-order valence-electron chi connectivity index (χ1n) is 7.21. The number of aromatic amines is 1. The molecule has 0 saturated carbocycles. The molecular formula is C16H19N3S2. The van der Waals surface area contributed by atoms with Crippen molar-refractivity contribution in [1.82, 2.24) is 15.5 Å². The smallest absolute Gasteiger partial charge is 0.0794 e. The Labute approximate surface area is 133 Å². The molecule has 2 N–H and O–H groups in total. The highest BCUT2D eigenvalue weighted by atomic mass is 32.1. The molecule has 5 heteroatoms. The van der Waals surface area contributed by atoms with E-state index in [-0.39, 0.29) is 0 Å². The molecule has 0 bridgehead atoms. The molecule has 0 radical (unpaired) electrons. The van der Waals surface area contributed by atoms with Crippen LogP contribution in [0.15, 0.2) is 41.2 Å². The number of hydrogen-bond acceptors (Lipinski definition) is 4. The average Bonchev–Trinajstić information content (AvgIpc) is 3.24. The zero-order valence-corrected chi connectivity index (χ0v) is 13.6. The Balaban J connectivity index is 1.71. The predicted octanol–water partition coefficient (Wildman–Crippen LogP) is 4.83. The minimum absolute atomic E-state index is 0.432. The number of nitrogens with zero attached hydrogens (tertiary/aromatic N) is 1. The van der Waals surface area contributed by atoms with Crippen LogP contribution < -0.4 is 5.32 Å². The molecule has 0 amide bonds. The van der Waals surface area contributed by atoms with Crippen LogP contribution in [0, 0.1) is 0 Å². The van der Waals surface area contributed by atoms with Crippen molar-refractivity contribution in [3.8, 4) is 10.6 Å². The third-order valence-electron chi connectivity index (χ3n) is 3.49. The second-order valence-corrected chi connectivity index (χ2v) is 6.91. The SMILES string of the molecule is CCCC(NCc1cn[nH]c1-c1cccs1)c1cccs1. The second-order valence-electron chi connectivity index (χ2n) is 4.99. The van der Waals surface area contributed by atoms with E-state index in [1.807, 2.05) is 17.5 Å². The van der Waals surface area contributed by atoms with Gasteiger partial charge in [-0.05, 0) is 29.3 Å². The molecule has 3 heterocycles. The fourth-order valence-electron chi connectivity index (χ4n) is 2.44. The topological polar surface area (TPSA) is 40.7 Å². The fraction of sp³-hybridized carbons (Fsp3) is 0.312. The molecule has 0 spiro atoms. The van der Waals surface area contributed by atoms with Crippen molar-refractivity contribution in [2.24, 2.45) is 0 Å². The molecule has 0 fully saturated rings. The fourth-order valence-corrected chi connectivity index (χ4v) is 4.03. The van der Waals surface area contributed by atoms with Gasteiger partial charge in [-0.1, -0.05) is 25.5 Å². The van der Waals surface area contributed by atoms with Crippen LogP contribution >= 0.6 is 22.7 Å². The van der Waals surface area contributed by atoms with E-state index in [2.05, 4.69) is 57.5 Å². The molecule has 1 atom stereocenters. The maximum Gasteiger partial charge on any atom is 0.0794 e. The van der Waals surface area contributed by atoms with Crippen LogP contribution in [0.4, 0.5) is 0 Å². The van der Waals surface area contributed by atoms with E-state index in [1.54, 1.807) is 11.3 Å². The third kappa shape index (κ3) is 3.43. The summed E-state index contributed by atoms with van der Waals surface area (Å²) in [6.45, 7) is 3.07. The van der Waals surface area contributed by atoms with Crippen molar-refractivity contribution < 1.29 is 0 Å². The summed E-state index contributed by atoms with van der Waals surface area (Å²) in [5.41, 5.74) is 2.37. The molecule has 0 aliphatic carbocycles. The summed E-state index contributed by atoms with van der Waals surface area (Å²) >= 11 is 3.57. The van der Waals surface area contributed by atoms with Crippen LogP contribution in [0.1, 0.15) is 36.2 Å². The zero-order chi connectivity index (χ0) is 14.5. The van der Waals surface area contributed by atoms with E-state index in [0.29, 0.717) is 6.04 Å². The van der Waals surface area contributed by atoms with Crippen molar-refractivity contribution in [2.75, 3.05) is 0 Å². The van der Waals surface area contributed by atoms with Gasteiger partial charge in [0.05, 0.1) is 16.8 Å². The lowest BCUT2D eigenvalue weighted by molar-refractivity contribution is 0.501. The van der Waals surface area contributed by atoms with E-state index in [9.17, 15) is 0 Å². The monoisotopic (exact) mass is 317 g/mol. The Morgan fingerprint density at radius 3 is 2.81 bits per heavy atom. The van der Waals surface area contributed by atoms with Gasteiger partial charge in [0.2, 0.25) is 0 Å².